The van der Waals surface area contributed by atoms with E-state index in [0.717, 1.165) is 0 Å². The lowest BCUT2D eigenvalue weighted by atomic mass is 10.1. The van der Waals surface area contributed by atoms with Gasteiger partial charge in [-0.15, -0.1) is 20.3 Å². The monoisotopic (exact) mass is 946 g/mol. The van der Waals surface area contributed by atoms with Gasteiger partial charge < -0.3 is 19.4 Å². The number of carbonyl (C=O) groups excluding carboxylic acids is 14. The number of rotatable bonds is 15. The van der Waals surface area contributed by atoms with E-state index in [1.807, 2.05) is 13.8 Å². The molecule has 2 unspecified atom stereocenters. The van der Waals surface area contributed by atoms with Gasteiger partial charge in [-0.1, -0.05) is 62.3 Å². The molecule has 65 heavy (non-hydrogen) atoms. The minimum atomic E-state index is -4.68. The predicted octanol–water partition coefficient (Wildman–Crippen LogP) is 0.809. The number of ketones is 2. The molecule has 0 spiro atoms. The normalized spacial score (nSPS) is 18.4. The van der Waals surface area contributed by atoms with Gasteiger partial charge in [-0.2, -0.15) is 8.42 Å². The SMILES string of the molecule is CC(C)C(=O)CC(=O)ON1C(=O)CC(C)C1=O.CC(C)C(=O)CC(=O)ON1C(=O)CCC1=O.CC(C)CC(=O)ON1C(=O)CC(S(=O)(=O)O)C1=O.CC(C)CC(=O)ON1C(=O)CCC1=O. The molecule has 0 aliphatic carbocycles. The Morgan fingerprint density at radius 3 is 1.11 bits per heavy atom. The van der Waals surface area contributed by atoms with E-state index in [-0.39, 0.29) is 85.2 Å². The van der Waals surface area contributed by atoms with Crippen molar-refractivity contribution in [1.29, 1.82) is 0 Å². The van der Waals surface area contributed by atoms with Gasteiger partial charge in [-0.25, -0.2) is 19.2 Å². The minimum Gasteiger partial charge on any atom is -0.330 e. The molecule has 0 bridgehead atoms. The van der Waals surface area contributed by atoms with Crippen molar-refractivity contribution >= 4 is 92.8 Å². The first-order valence-electron chi connectivity index (χ1n) is 20.2. The Labute approximate surface area is 373 Å². The van der Waals surface area contributed by atoms with Crippen LogP contribution in [0, 0.1) is 29.6 Å². The van der Waals surface area contributed by atoms with Crippen LogP contribution >= 0.6 is 0 Å². The molecule has 0 aromatic rings. The molecule has 362 valence electrons. The maximum atomic E-state index is 11.5. The van der Waals surface area contributed by atoms with Crippen molar-refractivity contribution in [1.82, 2.24) is 20.3 Å². The van der Waals surface area contributed by atoms with Crippen LogP contribution < -0.4 is 0 Å². The fourth-order valence-corrected chi connectivity index (χ4v) is 5.69. The van der Waals surface area contributed by atoms with Crippen molar-refractivity contribution in [3.63, 3.8) is 0 Å². The zero-order valence-electron chi connectivity index (χ0n) is 37.3. The van der Waals surface area contributed by atoms with E-state index >= 15 is 0 Å². The van der Waals surface area contributed by atoms with Gasteiger partial charge >= 0.3 is 23.9 Å². The second kappa shape index (κ2) is 25.2. The number of Topliss-reactive ketones (excluding diaryl/α,β-unsaturated/α-hetero) is 2. The van der Waals surface area contributed by atoms with Crippen LogP contribution in [0.5, 0.6) is 0 Å². The summed E-state index contributed by atoms with van der Waals surface area (Å²) >= 11 is 0. The Morgan fingerprint density at radius 1 is 0.508 bits per heavy atom. The van der Waals surface area contributed by atoms with Gasteiger partial charge in [0.2, 0.25) is 0 Å². The van der Waals surface area contributed by atoms with E-state index in [9.17, 15) is 75.5 Å². The van der Waals surface area contributed by atoms with Gasteiger partial charge in [0.15, 0.2) is 5.25 Å². The lowest BCUT2D eigenvalue weighted by Gasteiger charge is -2.13. The molecule has 1 N–H and O–H groups in total. The van der Waals surface area contributed by atoms with Crippen molar-refractivity contribution in [3.05, 3.63) is 0 Å². The number of hydrogen-bond donors (Lipinski definition) is 1. The van der Waals surface area contributed by atoms with Gasteiger partial charge in [-0.3, -0.25) is 52.5 Å². The Kier molecular flexibility index (Phi) is 22.0. The minimum absolute atomic E-state index is 0.0202. The van der Waals surface area contributed by atoms with Gasteiger partial charge in [-0.05, 0) is 11.8 Å². The summed E-state index contributed by atoms with van der Waals surface area (Å²) in [6.07, 6.45) is -1.00. The molecular formula is C39H54N4O21S. The van der Waals surface area contributed by atoms with Crippen molar-refractivity contribution in [3.8, 4) is 0 Å². The number of amides is 8. The lowest BCUT2D eigenvalue weighted by molar-refractivity contribution is -0.198. The second-order valence-corrected chi connectivity index (χ2v) is 17.8. The smallest absolute Gasteiger partial charge is 0.330 e. The fraction of sp³-hybridized carbons (Fsp3) is 0.641. The first kappa shape index (κ1) is 56.7. The number of hydroxylamine groups is 8. The van der Waals surface area contributed by atoms with E-state index in [1.54, 1.807) is 48.5 Å². The maximum absolute atomic E-state index is 11.5. The zero-order valence-corrected chi connectivity index (χ0v) is 38.2. The third-order valence-electron chi connectivity index (χ3n) is 8.61. The molecule has 26 heteroatoms. The van der Waals surface area contributed by atoms with E-state index in [2.05, 4.69) is 19.4 Å². The molecular weight excluding hydrogens is 893 g/mol. The highest BCUT2D eigenvalue weighted by Gasteiger charge is 2.48. The van der Waals surface area contributed by atoms with Gasteiger partial charge in [0.1, 0.15) is 24.4 Å². The largest absolute Gasteiger partial charge is 0.340 e. The zero-order chi connectivity index (χ0) is 50.3. The third kappa shape index (κ3) is 18.7. The molecule has 4 aliphatic rings. The summed E-state index contributed by atoms with van der Waals surface area (Å²) in [4.78, 5) is 175. The van der Waals surface area contributed by atoms with Crippen LogP contribution in [-0.4, -0.2) is 121 Å². The number of hydrogen-bond acceptors (Lipinski definition) is 20. The van der Waals surface area contributed by atoms with Crippen molar-refractivity contribution in [2.45, 2.75) is 132 Å². The van der Waals surface area contributed by atoms with Gasteiger partial charge in [0.05, 0.1) is 19.3 Å². The summed E-state index contributed by atoms with van der Waals surface area (Å²) in [5.41, 5.74) is 0. The van der Waals surface area contributed by atoms with Gasteiger partial charge in [0, 0.05) is 49.9 Å². The lowest BCUT2D eigenvalue weighted by Crippen LogP contribution is -2.36. The van der Waals surface area contributed by atoms with Crippen LogP contribution in [0.15, 0.2) is 0 Å². The molecule has 4 rings (SSSR count). The van der Waals surface area contributed by atoms with E-state index in [0.29, 0.717) is 15.2 Å². The quantitative estimate of drug-likeness (QED) is 0.135. The molecule has 0 aromatic heterocycles. The first-order valence-corrected chi connectivity index (χ1v) is 21.7. The maximum Gasteiger partial charge on any atom is 0.340 e. The standard InChI is InChI=1S/C11H15NO5.C10H13NO5.C9H13NO7S.C9H13NO4/c1-6(2)8(13)5-10(15)17-12-9(14)4-7(3)11(12)16;1-6(2)7(12)5-10(15)16-11-8(13)3-4-9(11)14;1-5(2)3-8(12)17-10-7(11)4-6(9(10)13)18(14,15)16;1-6(2)5-9(13)14-10-7(11)3-4-8(10)12/h6-7H,4-5H2,1-3H3;6H,3-5H2,1-2H3;5-6H,3-4H2,1-2H3,(H,14,15,16);6H,3-5H2,1-2H3. The summed E-state index contributed by atoms with van der Waals surface area (Å²) in [5, 5.41) is -0.318. The molecule has 0 saturated carbocycles. The molecule has 4 fully saturated rings. The number of imide groups is 4. The Morgan fingerprint density at radius 2 is 0.815 bits per heavy atom. The summed E-state index contributed by atoms with van der Waals surface area (Å²) in [6, 6.07) is 0. The van der Waals surface area contributed by atoms with Gasteiger partial charge in [0.25, 0.3) is 57.4 Å². The van der Waals surface area contributed by atoms with E-state index in [1.165, 1.54) is 0 Å². The van der Waals surface area contributed by atoms with Crippen molar-refractivity contribution < 1.29 is 99.4 Å². The third-order valence-corrected chi connectivity index (χ3v) is 9.70. The average Bonchev–Trinajstić information content (AvgIpc) is 3.84. The van der Waals surface area contributed by atoms with E-state index in [4.69, 9.17) is 4.55 Å². The Balaban J connectivity index is 0.000000435. The second-order valence-electron chi connectivity index (χ2n) is 16.2. The number of nitrogens with zero attached hydrogens (tertiary/aromatic N) is 4. The van der Waals surface area contributed by atoms with Crippen LogP contribution in [0.1, 0.15) is 127 Å². The number of carbonyl (C=O) groups is 14. The summed E-state index contributed by atoms with van der Waals surface area (Å²) < 4.78 is 30.4. The molecule has 25 nitrogen and oxygen atoms in total. The van der Waals surface area contributed by atoms with Crippen LogP contribution in [-0.2, 0) is 96.6 Å². The molecule has 0 aromatic carbocycles. The highest BCUT2D eigenvalue weighted by atomic mass is 32.2. The molecule has 4 saturated heterocycles. The first-order chi connectivity index (χ1) is 29.9. The van der Waals surface area contributed by atoms with Crippen LogP contribution in [0.4, 0.5) is 0 Å². The molecule has 0 radical (unpaired) electrons. The van der Waals surface area contributed by atoms with E-state index < -0.39 is 112 Å². The summed E-state index contributed by atoms with van der Waals surface area (Å²) in [7, 11) is -4.68. The Hall–Kier alpha value is -6.31. The van der Waals surface area contributed by atoms with Crippen LogP contribution in [0.2, 0.25) is 0 Å². The molecule has 2 atom stereocenters. The molecule has 8 amide bonds. The Bertz CT molecular complexity index is 2010. The van der Waals surface area contributed by atoms with Crippen LogP contribution in [0.25, 0.3) is 0 Å². The summed E-state index contributed by atoms with van der Waals surface area (Å²) in [5.74, 6) is -9.89. The molecule has 4 aliphatic heterocycles. The van der Waals surface area contributed by atoms with Crippen LogP contribution in [0.3, 0.4) is 0 Å². The molecule has 4 heterocycles. The topological polar surface area (TPSA) is 343 Å². The van der Waals surface area contributed by atoms with Crippen molar-refractivity contribution in [2.24, 2.45) is 29.6 Å². The van der Waals surface area contributed by atoms with Crippen molar-refractivity contribution in [2.75, 3.05) is 0 Å². The fourth-order valence-electron chi connectivity index (χ4n) is 4.98. The highest BCUT2D eigenvalue weighted by molar-refractivity contribution is 7.87. The highest BCUT2D eigenvalue weighted by Crippen LogP contribution is 2.21. The predicted molar refractivity (Wildman–Crippen MR) is 212 cm³/mol. The summed E-state index contributed by atoms with van der Waals surface area (Å²) in [6.45, 7) is 15.4. The average molecular weight is 947 g/mol.